The molecule has 1 aromatic heterocycles. The molecule has 1 aromatic carbocycles. The third-order valence-electron chi connectivity index (χ3n) is 1.90. The lowest BCUT2D eigenvalue weighted by Gasteiger charge is -2.05. The van der Waals surface area contributed by atoms with E-state index < -0.39 is 10.0 Å². The van der Waals surface area contributed by atoms with Crippen molar-refractivity contribution in [1.82, 2.24) is 4.98 Å². The summed E-state index contributed by atoms with van der Waals surface area (Å²) < 4.78 is 31.8. The second-order valence-corrected chi connectivity index (χ2v) is 6.04. The first-order valence-electron chi connectivity index (χ1n) is 4.94. The van der Waals surface area contributed by atoms with Crippen LogP contribution in [-0.4, -0.2) is 26.3 Å². The van der Waals surface area contributed by atoms with E-state index in [0.717, 1.165) is 22.2 Å². The lowest BCUT2D eigenvalue weighted by atomic mass is 10.3. The van der Waals surface area contributed by atoms with Crippen molar-refractivity contribution >= 4 is 36.7 Å². The highest BCUT2D eigenvalue weighted by Crippen LogP contribution is 2.34. The van der Waals surface area contributed by atoms with Crippen molar-refractivity contribution in [2.24, 2.45) is 0 Å². The Morgan fingerprint density at radius 1 is 1.47 bits per heavy atom. The molecular formula is C10H11N2O3S2-. The zero-order valence-electron chi connectivity index (χ0n) is 9.37. The number of thiazole rings is 1. The Balaban J connectivity index is 2.37. The first-order valence-corrected chi connectivity index (χ1v) is 7.61. The van der Waals surface area contributed by atoms with E-state index in [0.29, 0.717) is 6.61 Å². The number of ether oxygens (including phenoxy) is 1. The van der Waals surface area contributed by atoms with Crippen LogP contribution in [0.3, 0.4) is 0 Å². The summed E-state index contributed by atoms with van der Waals surface area (Å²) in [5.41, 5.74) is 0.723. The molecule has 2 rings (SSSR count). The second-order valence-electron chi connectivity index (χ2n) is 3.38. The quantitative estimate of drug-likeness (QED) is 0.857. The second kappa shape index (κ2) is 4.50. The first-order chi connectivity index (χ1) is 7.98. The van der Waals surface area contributed by atoms with Crippen LogP contribution < -0.4 is 4.74 Å². The summed E-state index contributed by atoms with van der Waals surface area (Å²) >= 11 is 1.23. The van der Waals surface area contributed by atoms with Gasteiger partial charge in [-0.25, -0.2) is 8.42 Å². The smallest absolute Gasteiger partial charge is 0.171 e. The topological polar surface area (TPSA) is 70.4 Å². The minimum atomic E-state index is -3.40. The minimum Gasteiger partial charge on any atom is -0.494 e. The predicted octanol–water partition coefficient (Wildman–Crippen LogP) is 2.66. The molecule has 0 saturated carbocycles. The van der Waals surface area contributed by atoms with Gasteiger partial charge in [0, 0.05) is 16.1 Å². The van der Waals surface area contributed by atoms with Crippen LogP contribution in [0.25, 0.3) is 14.9 Å². The standard InChI is InChI=1S/C10H11N2O3S2/c1-3-15-7-4-5-8-9(6-7)16-10(11-8)12-17(2,13)14/h4-6H,3H2,1-2H3/q-1. The van der Waals surface area contributed by atoms with Crippen LogP contribution in [0.15, 0.2) is 18.2 Å². The fourth-order valence-electron chi connectivity index (χ4n) is 1.33. The molecule has 2 aromatic rings. The number of fused-ring (bicyclic) bond motifs is 1. The molecule has 0 N–H and O–H groups in total. The molecule has 0 fully saturated rings. The normalized spacial score (nSPS) is 11.6. The van der Waals surface area contributed by atoms with Crippen LogP contribution in [0.5, 0.6) is 5.75 Å². The van der Waals surface area contributed by atoms with Gasteiger partial charge in [0.15, 0.2) is 10.0 Å². The van der Waals surface area contributed by atoms with Gasteiger partial charge in [0.25, 0.3) is 0 Å². The number of aromatic nitrogens is 1. The van der Waals surface area contributed by atoms with Gasteiger partial charge in [0.2, 0.25) is 0 Å². The summed E-state index contributed by atoms with van der Waals surface area (Å²) in [5, 5.41) is 0.246. The molecule has 0 radical (unpaired) electrons. The molecule has 0 bridgehead atoms. The fraction of sp³-hybridized carbons (Fsp3) is 0.300. The lowest BCUT2D eigenvalue weighted by Crippen LogP contribution is -1.90. The molecular weight excluding hydrogens is 260 g/mol. The van der Waals surface area contributed by atoms with Crippen molar-refractivity contribution < 1.29 is 13.2 Å². The maximum Gasteiger partial charge on any atom is 0.171 e. The van der Waals surface area contributed by atoms with Crippen molar-refractivity contribution in [2.45, 2.75) is 6.92 Å². The van der Waals surface area contributed by atoms with Gasteiger partial charge >= 0.3 is 0 Å². The van der Waals surface area contributed by atoms with E-state index in [9.17, 15) is 8.42 Å². The number of benzene rings is 1. The molecule has 17 heavy (non-hydrogen) atoms. The van der Waals surface area contributed by atoms with E-state index in [2.05, 4.69) is 9.71 Å². The summed E-state index contributed by atoms with van der Waals surface area (Å²) in [6.45, 7) is 2.49. The molecule has 0 aliphatic carbocycles. The van der Waals surface area contributed by atoms with Gasteiger partial charge in [0.1, 0.15) is 5.75 Å². The zero-order valence-corrected chi connectivity index (χ0v) is 11.0. The van der Waals surface area contributed by atoms with E-state index in [1.807, 2.05) is 13.0 Å². The minimum absolute atomic E-state index is 0.246. The molecule has 0 aliphatic rings. The Hall–Kier alpha value is -1.34. The van der Waals surface area contributed by atoms with Crippen molar-refractivity contribution in [2.75, 3.05) is 12.9 Å². The maximum atomic E-state index is 11.0. The predicted molar refractivity (Wildman–Crippen MR) is 68.7 cm³/mol. The maximum absolute atomic E-state index is 11.0. The first kappa shape index (κ1) is 12.1. The highest BCUT2D eigenvalue weighted by molar-refractivity contribution is 7.93. The van der Waals surface area contributed by atoms with Crippen molar-refractivity contribution in [1.29, 1.82) is 0 Å². The van der Waals surface area contributed by atoms with E-state index in [1.165, 1.54) is 11.3 Å². The van der Waals surface area contributed by atoms with Gasteiger partial charge in [-0.05, 0) is 24.6 Å². The molecule has 0 amide bonds. The van der Waals surface area contributed by atoms with E-state index in [1.54, 1.807) is 12.1 Å². The number of hydrogen-bond donors (Lipinski definition) is 0. The summed E-state index contributed by atoms with van der Waals surface area (Å²) in [4.78, 5) is 4.12. The van der Waals surface area contributed by atoms with Gasteiger partial charge < -0.3 is 14.4 Å². The number of nitrogens with zero attached hydrogens (tertiary/aromatic N) is 2. The van der Waals surface area contributed by atoms with Gasteiger partial charge in [-0.15, -0.1) is 11.3 Å². The summed E-state index contributed by atoms with van der Waals surface area (Å²) in [6.07, 6.45) is 1.05. The largest absolute Gasteiger partial charge is 0.494 e. The Morgan fingerprint density at radius 3 is 2.88 bits per heavy atom. The Morgan fingerprint density at radius 2 is 2.24 bits per heavy atom. The number of rotatable bonds is 4. The van der Waals surface area contributed by atoms with Crippen molar-refractivity contribution in [3.05, 3.63) is 22.9 Å². The summed E-state index contributed by atoms with van der Waals surface area (Å²) in [7, 11) is -3.40. The third kappa shape index (κ3) is 3.07. The lowest BCUT2D eigenvalue weighted by molar-refractivity contribution is 0.341. The summed E-state index contributed by atoms with van der Waals surface area (Å²) in [6, 6.07) is 5.42. The van der Waals surface area contributed by atoms with Gasteiger partial charge in [-0.2, -0.15) is 0 Å². The van der Waals surface area contributed by atoms with Crippen LogP contribution in [0.1, 0.15) is 6.92 Å². The van der Waals surface area contributed by atoms with E-state index in [4.69, 9.17) is 4.74 Å². The average Bonchev–Trinajstić information content (AvgIpc) is 2.56. The molecule has 92 valence electrons. The van der Waals surface area contributed by atoms with Gasteiger partial charge in [-0.3, -0.25) is 0 Å². The van der Waals surface area contributed by atoms with E-state index in [-0.39, 0.29) is 5.13 Å². The number of hydrogen-bond acceptors (Lipinski definition) is 5. The van der Waals surface area contributed by atoms with Crippen molar-refractivity contribution in [3.63, 3.8) is 0 Å². The van der Waals surface area contributed by atoms with Crippen LogP contribution in [0.4, 0.5) is 5.13 Å². The molecule has 0 atom stereocenters. The highest BCUT2D eigenvalue weighted by Gasteiger charge is 2.01. The SMILES string of the molecule is CCOc1ccc2nc([N-]S(C)(=O)=O)sc2c1. The van der Waals surface area contributed by atoms with Crippen LogP contribution in [0, 0.1) is 0 Å². The molecule has 7 heteroatoms. The van der Waals surface area contributed by atoms with Crippen LogP contribution in [0.2, 0.25) is 0 Å². The fourth-order valence-corrected chi connectivity index (χ4v) is 2.94. The van der Waals surface area contributed by atoms with E-state index >= 15 is 0 Å². The third-order valence-corrected chi connectivity index (χ3v) is 3.44. The number of sulfonamides is 1. The van der Waals surface area contributed by atoms with Crippen LogP contribution in [-0.2, 0) is 10.0 Å². The molecule has 0 unspecified atom stereocenters. The molecule has 0 aliphatic heterocycles. The van der Waals surface area contributed by atoms with Crippen molar-refractivity contribution in [3.8, 4) is 5.75 Å². The average molecular weight is 271 g/mol. The molecule has 5 nitrogen and oxygen atoms in total. The highest BCUT2D eigenvalue weighted by atomic mass is 32.2. The Labute approximate surface area is 103 Å². The van der Waals surface area contributed by atoms with Gasteiger partial charge in [-0.1, -0.05) is 6.07 Å². The molecule has 0 saturated heterocycles. The molecule has 1 heterocycles. The van der Waals surface area contributed by atoms with Crippen LogP contribution >= 0.6 is 11.3 Å². The summed E-state index contributed by atoms with van der Waals surface area (Å²) in [5.74, 6) is 0.745. The Bertz CT molecular complexity index is 634. The monoisotopic (exact) mass is 271 g/mol. The molecule has 0 spiro atoms. The Kier molecular flexibility index (Phi) is 3.21. The van der Waals surface area contributed by atoms with Gasteiger partial charge in [0.05, 0.1) is 6.61 Å². The zero-order chi connectivity index (χ0) is 12.5.